The molecule has 3 N–H and O–H groups in total. The average Bonchev–Trinajstić information content (AvgIpc) is 2.51. The number of benzene rings is 1. The maximum absolute atomic E-state index is 12.1. The first kappa shape index (κ1) is 23.1. The van der Waals surface area contributed by atoms with E-state index in [1.165, 1.54) is 0 Å². The van der Waals surface area contributed by atoms with Crippen LogP contribution in [0.1, 0.15) is 12.5 Å². The SMILES string of the molecule is CN=C(NCCNS(=O)(=O)c1ccc(C)cc1)NC(C)COC.I. The smallest absolute Gasteiger partial charge is 0.240 e. The van der Waals surface area contributed by atoms with Gasteiger partial charge in [0.1, 0.15) is 0 Å². The number of ether oxygens (including phenoxy) is 1. The van der Waals surface area contributed by atoms with Crippen LogP contribution in [0.3, 0.4) is 0 Å². The lowest BCUT2D eigenvalue weighted by molar-refractivity contribution is 0.179. The number of hydrogen-bond donors (Lipinski definition) is 3. The summed E-state index contributed by atoms with van der Waals surface area (Å²) < 4.78 is 31.8. The van der Waals surface area contributed by atoms with Gasteiger partial charge < -0.3 is 15.4 Å². The molecule has 0 aliphatic carbocycles. The van der Waals surface area contributed by atoms with Gasteiger partial charge in [-0.15, -0.1) is 24.0 Å². The Kier molecular flexibility index (Phi) is 11.2. The number of aryl methyl sites for hydroxylation is 1. The quantitative estimate of drug-likeness (QED) is 0.229. The van der Waals surface area contributed by atoms with E-state index in [9.17, 15) is 8.42 Å². The zero-order valence-corrected chi connectivity index (χ0v) is 17.6. The lowest BCUT2D eigenvalue weighted by Crippen LogP contribution is -2.46. The van der Waals surface area contributed by atoms with Gasteiger partial charge in [0.2, 0.25) is 10.0 Å². The second-order valence-corrected chi connectivity index (χ2v) is 6.98. The predicted molar refractivity (Wildman–Crippen MR) is 108 cm³/mol. The molecule has 0 aliphatic rings. The second kappa shape index (κ2) is 11.6. The normalized spacial score (nSPS) is 13.1. The molecule has 0 saturated heterocycles. The number of nitrogens with zero attached hydrogens (tertiary/aromatic N) is 1. The van der Waals surface area contributed by atoms with Gasteiger partial charge in [-0.05, 0) is 26.0 Å². The summed E-state index contributed by atoms with van der Waals surface area (Å²) in [6, 6.07) is 6.84. The van der Waals surface area contributed by atoms with Crippen LogP contribution in [0.4, 0.5) is 0 Å². The molecule has 24 heavy (non-hydrogen) atoms. The molecule has 0 heterocycles. The van der Waals surface area contributed by atoms with Crippen LogP contribution in [0.5, 0.6) is 0 Å². The third-order valence-electron chi connectivity index (χ3n) is 3.06. The van der Waals surface area contributed by atoms with Gasteiger partial charge in [-0.25, -0.2) is 13.1 Å². The first-order valence-corrected chi connectivity index (χ1v) is 8.90. The highest BCUT2D eigenvalue weighted by molar-refractivity contribution is 14.0. The minimum atomic E-state index is -3.48. The topological polar surface area (TPSA) is 91.8 Å². The molecule has 1 unspecified atom stereocenters. The molecule has 0 fully saturated rings. The highest BCUT2D eigenvalue weighted by atomic mass is 127. The van der Waals surface area contributed by atoms with Gasteiger partial charge in [-0.3, -0.25) is 4.99 Å². The summed E-state index contributed by atoms with van der Waals surface area (Å²) >= 11 is 0. The standard InChI is InChI=1S/C15H26N4O3S.HI/c1-12-5-7-14(8-6-12)23(20,21)18-10-9-17-15(16-3)19-13(2)11-22-4;/h5-8,13,18H,9-11H2,1-4H3,(H2,16,17,19);1H. The van der Waals surface area contributed by atoms with E-state index in [1.807, 2.05) is 13.8 Å². The van der Waals surface area contributed by atoms with Gasteiger partial charge in [0.15, 0.2) is 5.96 Å². The number of nitrogens with one attached hydrogen (secondary N) is 3. The number of hydrogen-bond acceptors (Lipinski definition) is 4. The Hall–Kier alpha value is -0.910. The van der Waals surface area contributed by atoms with Crippen LogP contribution in [-0.4, -0.2) is 54.3 Å². The lowest BCUT2D eigenvalue weighted by Gasteiger charge is -2.17. The fraction of sp³-hybridized carbons (Fsp3) is 0.533. The van der Waals surface area contributed by atoms with Crippen LogP contribution in [0, 0.1) is 6.92 Å². The first-order chi connectivity index (χ1) is 10.9. The Morgan fingerprint density at radius 2 is 1.88 bits per heavy atom. The van der Waals surface area contributed by atoms with Crippen molar-refractivity contribution in [1.82, 2.24) is 15.4 Å². The minimum Gasteiger partial charge on any atom is -0.383 e. The van der Waals surface area contributed by atoms with E-state index >= 15 is 0 Å². The predicted octanol–water partition coefficient (Wildman–Crippen LogP) is 1.09. The van der Waals surface area contributed by atoms with Crippen molar-refractivity contribution in [2.45, 2.75) is 24.8 Å². The Morgan fingerprint density at radius 1 is 1.25 bits per heavy atom. The number of aliphatic imine (C=N–C) groups is 1. The molecule has 0 bridgehead atoms. The zero-order chi connectivity index (χ0) is 17.3. The van der Waals surface area contributed by atoms with E-state index in [4.69, 9.17) is 4.74 Å². The number of methoxy groups -OCH3 is 1. The maximum Gasteiger partial charge on any atom is 0.240 e. The number of rotatable bonds is 8. The molecular formula is C15H27IN4O3S. The fourth-order valence-corrected chi connectivity index (χ4v) is 2.92. The summed E-state index contributed by atoms with van der Waals surface area (Å²) in [5, 5.41) is 6.19. The lowest BCUT2D eigenvalue weighted by atomic mass is 10.2. The van der Waals surface area contributed by atoms with Crippen molar-refractivity contribution in [2.75, 3.05) is 33.9 Å². The summed E-state index contributed by atoms with van der Waals surface area (Å²) in [5.41, 5.74) is 1.02. The molecule has 0 radical (unpaired) electrons. The van der Waals surface area contributed by atoms with Gasteiger partial charge in [-0.1, -0.05) is 17.7 Å². The molecule has 138 valence electrons. The summed E-state index contributed by atoms with van der Waals surface area (Å²) in [6.45, 7) is 5.12. The van der Waals surface area contributed by atoms with Crippen molar-refractivity contribution in [2.24, 2.45) is 4.99 Å². The van der Waals surface area contributed by atoms with Crippen LogP contribution in [0.15, 0.2) is 34.2 Å². The van der Waals surface area contributed by atoms with E-state index < -0.39 is 10.0 Å². The van der Waals surface area contributed by atoms with Crippen molar-refractivity contribution < 1.29 is 13.2 Å². The van der Waals surface area contributed by atoms with E-state index in [1.54, 1.807) is 38.4 Å². The molecular weight excluding hydrogens is 443 g/mol. The highest BCUT2D eigenvalue weighted by Crippen LogP contribution is 2.09. The molecule has 0 saturated carbocycles. The molecule has 0 aromatic heterocycles. The number of sulfonamides is 1. The van der Waals surface area contributed by atoms with Gasteiger partial charge in [-0.2, -0.15) is 0 Å². The van der Waals surface area contributed by atoms with Crippen LogP contribution in [0.2, 0.25) is 0 Å². The van der Waals surface area contributed by atoms with Crippen molar-refractivity contribution in [1.29, 1.82) is 0 Å². The fourth-order valence-electron chi connectivity index (χ4n) is 1.89. The van der Waals surface area contributed by atoms with Gasteiger partial charge >= 0.3 is 0 Å². The summed E-state index contributed by atoms with van der Waals surface area (Å²) in [5.74, 6) is 0.601. The van der Waals surface area contributed by atoms with Crippen molar-refractivity contribution in [3.05, 3.63) is 29.8 Å². The Balaban J connectivity index is 0.00000529. The monoisotopic (exact) mass is 470 g/mol. The third-order valence-corrected chi connectivity index (χ3v) is 4.54. The molecule has 1 aromatic rings. The molecule has 1 rings (SSSR count). The van der Waals surface area contributed by atoms with Gasteiger partial charge in [0.05, 0.1) is 11.5 Å². The maximum atomic E-state index is 12.1. The van der Waals surface area contributed by atoms with E-state index in [0.717, 1.165) is 5.56 Å². The highest BCUT2D eigenvalue weighted by Gasteiger charge is 2.12. The summed E-state index contributed by atoms with van der Waals surface area (Å²) in [7, 11) is -0.192. The molecule has 0 amide bonds. The van der Waals surface area contributed by atoms with Crippen molar-refractivity contribution in [3.8, 4) is 0 Å². The van der Waals surface area contributed by atoms with Crippen LogP contribution >= 0.6 is 24.0 Å². The van der Waals surface area contributed by atoms with Crippen LogP contribution in [0.25, 0.3) is 0 Å². The van der Waals surface area contributed by atoms with E-state index in [2.05, 4.69) is 20.3 Å². The Bertz CT molecular complexity index is 606. The van der Waals surface area contributed by atoms with E-state index in [-0.39, 0.29) is 41.5 Å². The molecule has 7 nitrogen and oxygen atoms in total. The third kappa shape index (κ3) is 8.27. The average molecular weight is 470 g/mol. The molecule has 1 aromatic carbocycles. The van der Waals surface area contributed by atoms with Gasteiger partial charge in [0, 0.05) is 33.3 Å². The number of guanidine groups is 1. The first-order valence-electron chi connectivity index (χ1n) is 7.41. The summed E-state index contributed by atoms with van der Waals surface area (Å²) in [4.78, 5) is 4.34. The van der Waals surface area contributed by atoms with Gasteiger partial charge in [0.25, 0.3) is 0 Å². The molecule has 0 spiro atoms. The minimum absolute atomic E-state index is 0. The molecule has 0 aliphatic heterocycles. The van der Waals surface area contributed by atoms with E-state index in [0.29, 0.717) is 19.1 Å². The number of halogens is 1. The van der Waals surface area contributed by atoms with Crippen LogP contribution in [-0.2, 0) is 14.8 Å². The van der Waals surface area contributed by atoms with Crippen LogP contribution < -0.4 is 15.4 Å². The Labute approximate surface area is 161 Å². The molecule has 1 atom stereocenters. The zero-order valence-electron chi connectivity index (χ0n) is 14.5. The Morgan fingerprint density at radius 3 is 2.42 bits per heavy atom. The second-order valence-electron chi connectivity index (χ2n) is 5.21. The molecule has 9 heteroatoms. The summed E-state index contributed by atoms with van der Waals surface area (Å²) in [6.07, 6.45) is 0. The van der Waals surface area contributed by atoms with Crippen molar-refractivity contribution >= 4 is 40.0 Å². The largest absolute Gasteiger partial charge is 0.383 e. The van der Waals surface area contributed by atoms with Crippen molar-refractivity contribution in [3.63, 3.8) is 0 Å².